The molecule has 0 atom stereocenters. The van der Waals surface area contributed by atoms with Crippen molar-refractivity contribution >= 4 is 17.3 Å². The zero-order valence-electron chi connectivity index (χ0n) is 8.90. The van der Waals surface area contributed by atoms with Crippen LogP contribution in [0.3, 0.4) is 0 Å². The van der Waals surface area contributed by atoms with Gasteiger partial charge in [-0.2, -0.15) is 0 Å². The Hall–Kier alpha value is -1.88. The number of aromatic amines is 1. The number of methoxy groups -OCH3 is 1. The summed E-state index contributed by atoms with van der Waals surface area (Å²) < 4.78 is 6.52. The summed E-state index contributed by atoms with van der Waals surface area (Å²) in [5.74, 6) is 0. The third kappa shape index (κ3) is 1.77. The smallest absolute Gasteiger partial charge is 0.326 e. The summed E-state index contributed by atoms with van der Waals surface area (Å²) in [4.78, 5) is 24.9. The molecule has 0 saturated carbocycles. The first kappa shape index (κ1) is 10.6. The number of fused-ring (bicyclic) bond motifs is 1. The summed E-state index contributed by atoms with van der Waals surface area (Å²) in [6.07, 6.45) is 0.754. The second-order valence-electron chi connectivity index (χ2n) is 3.47. The second-order valence-corrected chi connectivity index (χ2v) is 3.47. The largest absolute Gasteiger partial charge is 0.383 e. The number of aromatic nitrogens is 2. The van der Waals surface area contributed by atoms with Gasteiger partial charge in [0.15, 0.2) is 0 Å². The lowest BCUT2D eigenvalue weighted by molar-refractivity contribution is 0.112. The van der Waals surface area contributed by atoms with Crippen molar-refractivity contribution in [2.75, 3.05) is 13.7 Å². The number of imidazole rings is 1. The molecule has 2 aromatic rings. The summed E-state index contributed by atoms with van der Waals surface area (Å²) in [7, 11) is 1.59. The summed E-state index contributed by atoms with van der Waals surface area (Å²) in [5, 5.41) is 0. The van der Waals surface area contributed by atoms with E-state index in [2.05, 4.69) is 4.98 Å². The predicted octanol–water partition coefficient (Wildman–Crippen LogP) is 0.788. The fraction of sp³-hybridized carbons (Fsp3) is 0.273. The molecule has 0 bridgehead atoms. The SMILES string of the molecule is COCCn1c(=O)[nH]c2cc(C=O)ccc21. The molecule has 0 unspecified atom stereocenters. The molecule has 0 aliphatic carbocycles. The summed E-state index contributed by atoms with van der Waals surface area (Å²) in [6, 6.07) is 5.10. The van der Waals surface area contributed by atoms with Gasteiger partial charge >= 0.3 is 5.69 Å². The van der Waals surface area contributed by atoms with Gasteiger partial charge < -0.3 is 9.72 Å². The van der Waals surface area contributed by atoms with E-state index in [0.717, 1.165) is 11.8 Å². The zero-order valence-corrected chi connectivity index (χ0v) is 8.90. The zero-order chi connectivity index (χ0) is 11.5. The van der Waals surface area contributed by atoms with E-state index in [1.807, 2.05) is 0 Å². The Kier molecular flexibility index (Phi) is 2.87. The van der Waals surface area contributed by atoms with E-state index >= 15 is 0 Å². The maximum absolute atomic E-state index is 11.6. The molecule has 5 nitrogen and oxygen atoms in total. The number of rotatable bonds is 4. The van der Waals surface area contributed by atoms with E-state index in [9.17, 15) is 9.59 Å². The minimum Gasteiger partial charge on any atom is -0.383 e. The Morgan fingerprint density at radius 1 is 1.50 bits per heavy atom. The van der Waals surface area contributed by atoms with Gasteiger partial charge in [-0.15, -0.1) is 0 Å². The molecule has 1 aromatic carbocycles. The molecule has 2 rings (SSSR count). The Balaban J connectivity index is 2.53. The number of H-pyrrole nitrogens is 1. The maximum Gasteiger partial charge on any atom is 0.326 e. The lowest BCUT2D eigenvalue weighted by atomic mass is 10.2. The molecule has 0 saturated heterocycles. The average Bonchev–Trinajstić information content (AvgIpc) is 2.61. The van der Waals surface area contributed by atoms with Gasteiger partial charge in [-0.1, -0.05) is 0 Å². The summed E-state index contributed by atoms with van der Waals surface area (Å²) in [6.45, 7) is 0.970. The van der Waals surface area contributed by atoms with Crippen LogP contribution < -0.4 is 5.69 Å². The van der Waals surface area contributed by atoms with E-state index in [4.69, 9.17) is 4.74 Å². The summed E-state index contributed by atoms with van der Waals surface area (Å²) in [5.41, 5.74) is 1.82. The van der Waals surface area contributed by atoms with Crippen LogP contribution in [0.2, 0.25) is 0 Å². The number of carbonyl (C=O) groups excluding carboxylic acids is 1. The highest BCUT2D eigenvalue weighted by molar-refractivity contribution is 5.84. The normalized spacial score (nSPS) is 10.8. The van der Waals surface area contributed by atoms with Crippen molar-refractivity contribution in [2.24, 2.45) is 0 Å². The molecular formula is C11H12N2O3. The van der Waals surface area contributed by atoms with Gasteiger partial charge in [0.2, 0.25) is 0 Å². The predicted molar refractivity (Wildman–Crippen MR) is 59.8 cm³/mol. The van der Waals surface area contributed by atoms with Crippen molar-refractivity contribution < 1.29 is 9.53 Å². The number of hydrogen-bond donors (Lipinski definition) is 1. The van der Waals surface area contributed by atoms with Crippen molar-refractivity contribution in [1.29, 1.82) is 0 Å². The maximum atomic E-state index is 11.6. The molecule has 1 N–H and O–H groups in total. The van der Waals surface area contributed by atoms with Crippen LogP contribution in [0.1, 0.15) is 10.4 Å². The molecule has 0 spiro atoms. The Labute approximate surface area is 91.6 Å². The van der Waals surface area contributed by atoms with Gasteiger partial charge in [0, 0.05) is 12.7 Å². The van der Waals surface area contributed by atoms with Gasteiger partial charge in [-0.05, 0) is 18.2 Å². The first-order valence-corrected chi connectivity index (χ1v) is 4.93. The quantitative estimate of drug-likeness (QED) is 0.775. The molecule has 0 aliphatic rings. The van der Waals surface area contributed by atoms with Gasteiger partial charge in [-0.25, -0.2) is 4.79 Å². The Bertz CT molecular complexity index is 568. The summed E-state index contributed by atoms with van der Waals surface area (Å²) >= 11 is 0. The monoisotopic (exact) mass is 220 g/mol. The Morgan fingerprint density at radius 3 is 3.00 bits per heavy atom. The first-order chi connectivity index (χ1) is 7.76. The van der Waals surface area contributed by atoms with Crippen molar-refractivity contribution in [1.82, 2.24) is 9.55 Å². The first-order valence-electron chi connectivity index (χ1n) is 4.93. The average molecular weight is 220 g/mol. The molecule has 1 aromatic heterocycles. The molecule has 84 valence electrons. The van der Waals surface area contributed by atoms with Crippen molar-refractivity contribution in [3.8, 4) is 0 Å². The standard InChI is InChI=1S/C11H12N2O3/c1-16-5-4-13-10-3-2-8(7-14)6-9(10)12-11(13)15/h2-3,6-7H,4-5H2,1H3,(H,12,15). The molecule has 0 amide bonds. The third-order valence-electron chi connectivity index (χ3n) is 2.45. The van der Waals surface area contributed by atoms with Crippen LogP contribution >= 0.6 is 0 Å². The molecule has 16 heavy (non-hydrogen) atoms. The molecule has 5 heteroatoms. The van der Waals surface area contributed by atoms with Crippen LogP contribution in [-0.2, 0) is 11.3 Å². The number of benzene rings is 1. The van der Waals surface area contributed by atoms with Gasteiger partial charge in [0.25, 0.3) is 0 Å². The number of ether oxygens (including phenoxy) is 1. The van der Waals surface area contributed by atoms with Crippen LogP contribution in [-0.4, -0.2) is 29.6 Å². The van der Waals surface area contributed by atoms with E-state index in [0.29, 0.717) is 24.2 Å². The van der Waals surface area contributed by atoms with Gasteiger partial charge in [0.05, 0.1) is 24.2 Å². The molecule has 1 heterocycles. The lowest BCUT2D eigenvalue weighted by Crippen LogP contribution is -2.18. The number of nitrogens with one attached hydrogen (secondary N) is 1. The number of carbonyl (C=O) groups is 1. The van der Waals surface area contributed by atoms with Gasteiger partial charge in [-0.3, -0.25) is 9.36 Å². The van der Waals surface area contributed by atoms with Crippen LogP contribution in [0.4, 0.5) is 0 Å². The lowest BCUT2D eigenvalue weighted by Gasteiger charge is -2.01. The molecular weight excluding hydrogens is 208 g/mol. The van der Waals surface area contributed by atoms with Crippen LogP contribution in [0.15, 0.2) is 23.0 Å². The number of hydrogen-bond acceptors (Lipinski definition) is 3. The van der Waals surface area contributed by atoms with Crippen molar-refractivity contribution in [3.63, 3.8) is 0 Å². The topological polar surface area (TPSA) is 64.1 Å². The molecule has 0 radical (unpaired) electrons. The highest BCUT2D eigenvalue weighted by Gasteiger charge is 2.06. The highest BCUT2D eigenvalue weighted by Crippen LogP contribution is 2.11. The van der Waals surface area contributed by atoms with Crippen molar-refractivity contribution in [2.45, 2.75) is 6.54 Å². The minimum absolute atomic E-state index is 0.185. The van der Waals surface area contributed by atoms with Gasteiger partial charge in [0.1, 0.15) is 6.29 Å². The number of aldehydes is 1. The molecule has 0 fully saturated rings. The van der Waals surface area contributed by atoms with Crippen LogP contribution in [0.5, 0.6) is 0 Å². The van der Waals surface area contributed by atoms with E-state index in [1.54, 1.807) is 29.9 Å². The second kappa shape index (κ2) is 4.32. The fourth-order valence-electron chi connectivity index (χ4n) is 1.66. The van der Waals surface area contributed by atoms with E-state index in [1.165, 1.54) is 0 Å². The van der Waals surface area contributed by atoms with Crippen LogP contribution in [0.25, 0.3) is 11.0 Å². The highest BCUT2D eigenvalue weighted by atomic mass is 16.5. The number of nitrogens with zero attached hydrogens (tertiary/aromatic N) is 1. The molecule has 0 aliphatic heterocycles. The fourth-order valence-corrected chi connectivity index (χ4v) is 1.66. The van der Waals surface area contributed by atoms with Crippen LogP contribution in [0, 0.1) is 0 Å². The van der Waals surface area contributed by atoms with Crippen molar-refractivity contribution in [3.05, 3.63) is 34.2 Å². The third-order valence-corrected chi connectivity index (χ3v) is 2.45. The van der Waals surface area contributed by atoms with E-state index in [-0.39, 0.29) is 5.69 Å². The Morgan fingerprint density at radius 2 is 2.31 bits per heavy atom. The van der Waals surface area contributed by atoms with E-state index < -0.39 is 0 Å². The minimum atomic E-state index is -0.185.